The second-order valence-electron chi connectivity index (χ2n) is 7.77. The van der Waals surface area contributed by atoms with Gasteiger partial charge in [0.2, 0.25) is 5.91 Å². The fraction of sp³-hybridized carbons (Fsp3) is 0.167. The summed E-state index contributed by atoms with van der Waals surface area (Å²) in [5.41, 5.74) is 10.2. The predicted molar refractivity (Wildman–Crippen MR) is 117 cm³/mol. The Morgan fingerprint density at radius 1 is 1.00 bits per heavy atom. The quantitative estimate of drug-likeness (QED) is 0.561. The van der Waals surface area contributed by atoms with Gasteiger partial charge < -0.3 is 10.6 Å². The molecule has 1 atom stereocenters. The van der Waals surface area contributed by atoms with Crippen molar-refractivity contribution in [2.24, 2.45) is 12.8 Å². The second-order valence-corrected chi connectivity index (χ2v) is 7.77. The van der Waals surface area contributed by atoms with Crippen LogP contribution in [0, 0.1) is 0 Å². The van der Waals surface area contributed by atoms with Gasteiger partial charge in [-0.15, -0.1) is 0 Å². The number of amides is 2. The van der Waals surface area contributed by atoms with Gasteiger partial charge in [0.05, 0.1) is 16.8 Å². The molecule has 2 N–H and O–H groups in total. The van der Waals surface area contributed by atoms with Gasteiger partial charge in [-0.2, -0.15) is 5.10 Å². The molecule has 3 heterocycles. The summed E-state index contributed by atoms with van der Waals surface area (Å²) in [5, 5.41) is 5.16. The number of nitrogens with zero attached hydrogens (tertiary/aromatic N) is 4. The molecule has 2 aromatic heterocycles. The van der Waals surface area contributed by atoms with Crippen LogP contribution in [0.5, 0.6) is 0 Å². The summed E-state index contributed by atoms with van der Waals surface area (Å²) < 4.78 is 1.69. The second kappa shape index (κ2) is 7.36. The van der Waals surface area contributed by atoms with E-state index in [1.807, 2.05) is 67.8 Å². The fourth-order valence-electron chi connectivity index (χ4n) is 4.18. The molecule has 5 rings (SSSR count). The molecule has 0 unspecified atom stereocenters. The molecule has 1 aliphatic rings. The highest BCUT2D eigenvalue weighted by Gasteiger charge is 2.34. The Morgan fingerprint density at radius 3 is 2.48 bits per heavy atom. The van der Waals surface area contributed by atoms with Gasteiger partial charge in [0.15, 0.2) is 0 Å². The molecule has 0 aliphatic carbocycles. The largest absolute Gasteiger partial charge is 0.368 e. The summed E-state index contributed by atoms with van der Waals surface area (Å²) in [5.74, 6) is -0.750. The molecule has 154 valence electrons. The van der Waals surface area contributed by atoms with Crippen molar-refractivity contribution < 1.29 is 9.59 Å². The van der Waals surface area contributed by atoms with Crippen LogP contribution in [0.1, 0.15) is 21.5 Å². The molecule has 7 heteroatoms. The van der Waals surface area contributed by atoms with Crippen LogP contribution in [-0.4, -0.2) is 37.5 Å². The lowest BCUT2D eigenvalue weighted by molar-refractivity contribution is -0.122. The number of benzene rings is 2. The van der Waals surface area contributed by atoms with Gasteiger partial charge in [-0.3, -0.25) is 14.3 Å². The molecule has 4 aromatic rings. The summed E-state index contributed by atoms with van der Waals surface area (Å²) in [4.78, 5) is 32.3. The first kappa shape index (κ1) is 19.0. The normalized spacial score (nSPS) is 15.6. The number of aromatic nitrogens is 3. The lowest BCUT2D eigenvalue weighted by Gasteiger charge is -2.35. The van der Waals surface area contributed by atoms with E-state index in [4.69, 9.17) is 10.7 Å². The Morgan fingerprint density at radius 2 is 1.74 bits per heavy atom. The highest BCUT2D eigenvalue weighted by atomic mass is 16.2. The Balaban J connectivity index is 1.64. The van der Waals surface area contributed by atoms with Gasteiger partial charge in [-0.05, 0) is 29.3 Å². The molecular weight excluding hydrogens is 390 g/mol. The number of nitrogens with two attached hydrogens (primary N) is 1. The average molecular weight is 411 g/mol. The Labute approximate surface area is 179 Å². The molecule has 2 amide bonds. The first-order valence-electron chi connectivity index (χ1n) is 10.1. The van der Waals surface area contributed by atoms with Crippen LogP contribution in [-0.2, 0) is 24.8 Å². The SMILES string of the molecule is Cn1ccc(-c2cc(C(=O)N3Cc4ccccc4C[C@@H]3C(N)=O)c3ccccc3n2)n1. The van der Waals surface area contributed by atoms with E-state index in [9.17, 15) is 9.59 Å². The van der Waals surface area contributed by atoms with Crippen molar-refractivity contribution in [3.05, 3.63) is 83.6 Å². The van der Waals surface area contributed by atoms with Gasteiger partial charge in [0.25, 0.3) is 5.91 Å². The van der Waals surface area contributed by atoms with Crippen LogP contribution in [0.2, 0.25) is 0 Å². The summed E-state index contributed by atoms with van der Waals surface area (Å²) in [7, 11) is 1.83. The van der Waals surface area contributed by atoms with Crippen LogP contribution in [0.25, 0.3) is 22.3 Å². The van der Waals surface area contributed by atoms with Crippen molar-refractivity contribution in [3.63, 3.8) is 0 Å². The molecule has 0 spiro atoms. The van der Waals surface area contributed by atoms with Gasteiger partial charge in [-0.1, -0.05) is 42.5 Å². The maximum atomic E-state index is 13.8. The first-order valence-corrected chi connectivity index (χ1v) is 10.1. The molecule has 0 saturated heterocycles. The van der Waals surface area contributed by atoms with Crippen LogP contribution in [0.15, 0.2) is 66.9 Å². The van der Waals surface area contributed by atoms with E-state index in [2.05, 4.69) is 5.10 Å². The molecule has 0 saturated carbocycles. The minimum absolute atomic E-state index is 0.242. The summed E-state index contributed by atoms with van der Waals surface area (Å²) in [6, 6.07) is 18.2. The molecule has 2 aromatic carbocycles. The van der Waals surface area contributed by atoms with Crippen LogP contribution in [0.3, 0.4) is 0 Å². The molecule has 0 bridgehead atoms. The number of rotatable bonds is 3. The predicted octanol–water partition coefficient (Wildman–Crippen LogP) is 2.69. The van der Waals surface area contributed by atoms with Crippen molar-refractivity contribution >= 4 is 22.7 Å². The molecule has 7 nitrogen and oxygen atoms in total. The van der Waals surface area contributed by atoms with Gasteiger partial charge in [0, 0.05) is 31.6 Å². The summed E-state index contributed by atoms with van der Waals surface area (Å²) in [6.45, 7) is 0.332. The zero-order chi connectivity index (χ0) is 21.5. The third kappa shape index (κ3) is 3.34. The number of aryl methyl sites for hydroxylation is 1. The van der Waals surface area contributed by atoms with Crippen LogP contribution in [0.4, 0.5) is 0 Å². The molecule has 0 radical (unpaired) electrons. The maximum absolute atomic E-state index is 13.8. The number of carbonyl (C=O) groups is 2. The lowest BCUT2D eigenvalue weighted by atomic mass is 9.92. The van der Waals surface area contributed by atoms with Crippen LogP contribution >= 0.6 is 0 Å². The number of pyridine rings is 1. The van der Waals surface area contributed by atoms with Crippen LogP contribution < -0.4 is 5.73 Å². The zero-order valence-corrected chi connectivity index (χ0v) is 17.0. The highest BCUT2D eigenvalue weighted by molar-refractivity contribution is 6.08. The monoisotopic (exact) mass is 411 g/mol. The molecule has 1 aliphatic heterocycles. The number of hydrogen-bond donors (Lipinski definition) is 1. The van der Waals surface area contributed by atoms with Crippen molar-refractivity contribution in [2.75, 3.05) is 0 Å². The smallest absolute Gasteiger partial charge is 0.255 e. The highest BCUT2D eigenvalue weighted by Crippen LogP contribution is 2.29. The topological polar surface area (TPSA) is 94.1 Å². The van der Waals surface area contributed by atoms with E-state index in [1.165, 1.54) is 0 Å². The van der Waals surface area contributed by atoms with E-state index in [-0.39, 0.29) is 5.91 Å². The lowest BCUT2D eigenvalue weighted by Crippen LogP contribution is -2.51. The molecule has 0 fully saturated rings. The minimum atomic E-state index is -0.701. The molecular formula is C24H21N5O2. The van der Waals surface area contributed by atoms with E-state index >= 15 is 0 Å². The van der Waals surface area contributed by atoms with Crippen molar-refractivity contribution in [1.82, 2.24) is 19.7 Å². The first-order chi connectivity index (χ1) is 15.0. The van der Waals surface area contributed by atoms with Crippen molar-refractivity contribution in [1.29, 1.82) is 0 Å². The maximum Gasteiger partial charge on any atom is 0.255 e. The number of fused-ring (bicyclic) bond motifs is 2. The van der Waals surface area contributed by atoms with E-state index in [0.717, 1.165) is 16.5 Å². The standard InChI is InChI=1S/C24H21N5O2/c1-28-11-10-20(27-28)21-13-18(17-8-4-5-9-19(17)26-21)24(31)29-14-16-7-3-2-6-15(16)12-22(29)23(25)30/h2-11,13,22H,12,14H2,1H3,(H2,25,30)/t22-/m1/s1. The number of carbonyl (C=O) groups excluding carboxylic acids is 2. The number of primary amides is 1. The Bertz CT molecular complexity index is 1330. The Hall–Kier alpha value is -4.00. The third-order valence-electron chi connectivity index (χ3n) is 5.76. The molecule has 31 heavy (non-hydrogen) atoms. The van der Waals surface area contributed by atoms with Gasteiger partial charge in [-0.25, -0.2) is 4.98 Å². The van der Waals surface area contributed by atoms with Crippen molar-refractivity contribution in [2.45, 2.75) is 19.0 Å². The number of hydrogen-bond acceptors (Lipinski definition) is 4. The van der Waals surface area contributed by atoms with E-state index in [1.54, 1.807) is 15.6 Å². The van der Waals surface area contributed by atoms with Crippen molar-refractivity contribution in [3.8, 4) is 11.4 Å². The fourth-order valence-corrected chi connectivity index (χ4v) is 4.18. The van der Waals surface area contributed by atoms with E-state index < -0.39 is 11.9 Å². The third-order valence-corrected chi connectivity index (χ3v) is 5.76. The minimum Gasteiger partial charge on any atom is -0.368 e. The zero-order valence-electron chi connectivity index (χ0n) is 17.0. The summed E-state index contributed by atoms with van der Waals surface area (Å²) >= 11 is 0. The summed E-state index contributed by atoms with van der Waals surface area (Å²) in [6.07, 6.45) is 2.24. The van der Waals surface area contributed by atoms with Gasteiger partial charge in [0.1, 0.15) is 11.7 Å². The van der Waals surface area contributed by atoms with E-state index in [0.29, 0.717) is 35.4 Å². The Kier molecular flexibility index (Phi) is 4.51. The number of para-hydroxylation sites is 1. The van der Waals surface area contributed by atoms with Gasteiger partial charge >= 0.3 is 0 Å². The average Bonchev–Trinajstić information content (AvgIpc) is 3.23.